The summed E-state index contributed by atoms with van der Waals surface area (Å²) < 4.78 is 4.96. The van der Waals surface area contributed by atoms with Crippen LogP contribution in [0.15, 0.2) is 18.3 Å². The lowest BCUT2D eigenvalue weighted by atomic mass is 10.3. The Balaban J connectivity index is 2.52. The Bertz CT molecular complexity index is 387. The third-order valence-electron chi connectivity index (χ3n) is 1.61. The first-order valence-electron chi connectivity index (χ1n) is 4.45. The second kappa shape index (κ2) is 5.66. The van der Waals surface area contributed by atoms with E-state index in [0.717, 1.165) is 0 Å². The van der Waals surface area contributed by atoms with E-state index in [0.29, 0.717) is 18.0 Å². The summed E-state index contributed by atoms with van der Waals surface area (Å²) in [7, 11) is 1.58. The molecule has 1 amide bonds. The third kappa shape index (κ3) is 4.14. The summed E-state index contributed by atoms with van der Waals surface area (Å²) in [6.07, 6.45) is 1.60. The van der Waals surface area contributed by atoms with E-state index in [-0.39, 0.29) is 5.91 Å². The Morgan fingerprint density at radius 3 is 2.93 bits per heavy atom. The number of ether oxygens (including phenoxy) is 1. The van der Waals surface area contributed by atoms with Crippen LogP contribution >= 0.6 is 0 Å². The molecule has 0 radical (unpaired) electrons. The molecule has 0 spiro atoms. The molecule has 0 unspecified atom stereocenters. The van der Waals surface area contributed by atoms with Crippen LogP contribution in [0.25, 0.3) is 0 Å². The zero-order valence-corrected chi connectivity index (χ0v) is 8.70. The molecule has 0 aromatic carbocycles. The van der Waals surface area contributed by atoms with Crippen molar-refractivity contribution in [1.82, 2.24) is 10.3 Å². The predicted molar refractivity (Wildman–Crippen MR) is 56.4 cm³/mol. The van der Waals surface area contributed by atoms with E-state index >= 15 is 0 Å². The number of carbonyl (C=O) groups is 1. The molecule has 15 heavy (non-hydrogen) atoms. The third-order valence-corrected chi connectivity index (χ3v) is 1.61. The maximum absolute atomic E-state index is 10.5. The molecule has 1 N–H and O–H groups in total. The fourth-order valence-electron chi connectivity index (χ4n) is 0.878. The van der Waals surface area contributed by atoms with Gasteiger partial charge in [-0.05, 0) is 18.1 Å². The minimum absolute atomic E-state index is 0.0907. The van der Waals surface area contributed by atoms with Crippen LogP contribution in [0, 0.1) is 11.8 Å². The van der Waals surface area contributed by atoms with Gasteiger partial charge in [0.05, 0.1) is 19.9 Å². The lowest BCUT2D eigenvalue weighted by molar-refractivity contribution is -0.118. The van der Waals surface area contributed by atoms with Gasteiger partial charge in [0.2, 0.25) is 5.91 Å². The van der Waals surface area contributed by atoms with Crippen molar-refractivity contribution in [2.24, 2.45) is 0 Å². The van der Waals surface area contributed by atoms with Gasteiger partial charge in [-0.15, -0.1) is 0 Å². The zero-order chi connectivity index (χ0) is 11.1. The quantitative estimate of drug-likeness (QED) is 0.717. The number of pyridine rings is 1. The number of nitrogens with one attached hydrogen (secondary N) is 1. The van der Waals surface area contributed by atoms with Crippen LogP contribution < -0.4 is 10.1 Å². The molecule has 0 aliphatic carbocycles. The van der Waals surface area contributed by atoms with Gasteiger partial charge < -0.3 is 10.1 Å². The Kier molecular flexibility index (Phi) is 4.17. The number of hydrogen-bond donors (Lipinski definition) is 1. The number of methoxy groups -OCH3 is 1. The average Bonchev–Trinajstić information content (AvgIpc) is 2.25. The summed E-state index contributed by atoms with van der Waals surface area (Å²) >= 11 is 0. The Labute approximate surface area is 88.7 Å². The molecule has 4 heteroatoms. The SMILES string of the molecule is COc1ccc(C#CCNC(C)=O)nc1. The first kappa shape index (κ1) is 11.1. The van der Waals surface area contributed by atoms with Gasteiger partial charge in [-0.2, -0.15) is 0 Å². The van der Waals surface area contributed by atoms with Crippen LogP contribution in [-0.2, 0) is 4.79 Å². The summed E-state index contributed by atoms with van der Waals surface area (Å²) in [6, 6.07) is 3.55. The molecule has 0 atom stereocenters. The number of nitrogens with zero attached hydrogens (tertiary/aromatic N) is 1. The Morgan fingerprint density at radius 2 is 2.40 bits per heavy atom. The van der Waals surface area contributed by atoms with Gasteiger partial charge in [-0.25, -0.2) is 4.98 Å². The van der Waals surface area contributed by atoms with E-state index in [2.05, 4.69) is 22.1 Å². The van der Waals surface area contributed by atoms with Crippen LogP contribution in [0.2, 0.25) is 0 Å². The molecule has 0 aliphatic rings. The second-order valence-corrected chi connectivity index (χ2v) is 2.79. The molecule has 1 aromatic heterocycles. The highest BCUT2D eigenvalue weighted by Gasteiger charge is 1.91. The molecule has 1 aromatic rings. The van der Waals surface area contributed by atoms with Crippen molar-refractivity contribution in [3.8, 4) is 17.6 Å². The molecule has 0 saturated carbocycles. The fourth-order valence-corrected chi connectivity index (χ4v) is 0.878. The van der Waals surface area contributed by atoms with E-state index in [1.54, 1.807) is 25.4 Å². The van der Waals surface area contributed by atoms with Crippen LogP contribution in [0.5, 0.6) is 5.75 Å². The van der Waals surface area contributed by atoms with Crippen LogP contribution in [0.3, 0.4) is 0 Å². The fraction of sp³-hybridized carbons (Fsp3) is 0.273. The predicted octanol–water partition coefficient (Wildman–Crippen LogP) is 0.578. The minimum Gasteiger partial charge on any atom is -0.495 e. The number of carbonyl (C=O) groups excluding carboxylic acids is 1. The molecule has 0 aliphatic heterocycles. The molecule has 4 nitrogen and oxygen atoms in total. The minimum atomic E-state index is -0.0907. The van der Waals surface area contributed by atoms with Crippen molar-refractivity contribution in [1.29, 1.82) is 0 Å². The van der Waals surface area contributed by atoms with Gasteiger partial charge in [0, 0.05) is 6.92 Å². The summed E-state index contributed by atoms with van der Waals surface area (Å²) in [5.74, 6) is 6.21. The monoisotopic (exact) mass is 204 g/mol. The second-order valence-electron chi connectivity index (χ2n) is 2.79. The topological polar surface area (TPSA) is 51.2 Å². The van der Waals surface area contributed by atoms with E-state index in [9.17, 15) is 4.79 Å². The Morgan fingerprint density at radius 1 is 1.60 bits per heavy atom. The number of amides is 1. The van der Waals surface area contributed by atoms with Crippen molar-refractivity contribution in [3.63, 3.8) is 0 Å². The molecule has 1 rings (SSSR count). The van der Waals surface area contributed by atoms with Gasteiger partial charge in [0.25, 0.3) is 0 Å². The van der Waals surface area contributed by atoms with Crippen molar-refractivity contribution in [3.05, 3.63) is 24.0 Å². The average molecular weight is 204 g/mol. The summed E-state index contributed by atoms with van der Waals surface area (Å²) in [5, 5.41) is 2.57. The molecule has 78 valence electrons. The van der Waals surface area contributed by atoms with Gasteiger partial charge >= 0.3 is 0 Å². The van der Waals surface area contributed by atoms with Crippen molar-refractivity contribution in [2.75, 3.05) is 13.7 Å². The maximum Gasteiger partial charge on any atom is 0.217 e. The van der Waals surface area contributed by atoms with Gasteiger partial charge in [0.1, 0.15) is 11.4 Å². The van der Waals surface area contributed by atoms with E-state index < -0.39 is 0 Å². The molecule has 0 fully saturated rings. The summed E-state index contributed by atoms with van der Waals surface area (Å²) in [5.41, 5.74) is 0.654. The first-order valence-corrected chi connectivity index (χ1v) is 4.45. The molecule has 0 bridgehead atoms. The van der Waals surface area contributed by atoms with Gasteiger partial charge in [-0.3, -0.25) is 4.79 Å². The van der Waals surface area contributed by atoms with Crippen LogP contribution in [0.4, 0.5) is 0 Å². The largest absolute Gasteiger partial charge is 0.495 e. The standard InChI is InChI=1S/C11H12N2O2/c1-9(14)12-7-3-4-10-5-6-11(15-2)8-13-10/h5-6,8H,7H2,1-2H3,(H,12,14). The van der Waals surface area contributed by atoms with E-state index in [4.69, 9.17) is 4.74 Å². The maximum atomic E-state index is 10.5. The summed E-state index contributed by atoms with van der Waals surface area (Å²) in [4.78, 5) is 14.6. The normalized spacial score (nSPS) is 8.67. The van der Waals surface area contributed by atoms with Gasteiger partial charge in [0.15, 0.2) is 0 Å². The first-order chi connectivity index (χ1) is 7.22. The van der Waals surface area contributed by atoms with Crippen LogP contribution in [0.1, 0.15) is 12.6 Å². The Hall–Kier alpha value is -2.02. The molecular weight excluding hydrogens is 192 g/mol. The lowest BCUT2D eigenvalue weighted by Crippen LogP contribution is -2.19. The van der Waals surface area contributed by atoms with Crippen LogP contribution in [-0.4, -0.2) is 24.5 Å². The number of hydrogen-bond acceptors (Lipinski definition) is 3. The lowest BCUT2D eigenvalue weighted by Gasteiger charge is -1.96. The van der Waals surface area contributed by atoms with Crippen molar-refractivity contribution >= 4 is 5.91 Å². The highest BCUT2D eigenvalue weighted by atomic mass is 16.5. The highest BCUT2D eigenvalue weighted by molar-refractivity contribution is 5.73. The van der Waals surface area contributed by atoms with Gasteiger partial charge in [-0.1, -0.05) is 5.92 Å². The zero-order valence-electron chi connectivity index (χ0n) is 8.70. The van der Waals surface area contributed by atoms with E-state index in [1.807, 2.05) is 0 Å². The number of aromatic nitrogens is 1. The molecule has 1 heterocycles. The van der Waals surface area contributed by atoms with E-state index in [1.165, 1.54) is 6.92 Å². The summed E-state index contributed by atoms with van der Waals surface area (Å²) in [6.45, 7) is 1.79. The van der Waals surface area contributed by atoms with Crippen molar-refractivity contribution < 1.29 is 9.53 Å². The molecule has 0 saturated heterocycles. The number of rotatable bonds is 2. The smallest absolute Gasteiger partial charge is 0.217 e. The van der Waals surface area contributed by atoms with Crippen molar-refractivity contribution in [2.45, 2.75) is 6.92 Å². The highest BCUT2D eigenvalue weighted by Crippen LogP contribution is 2.06. The molecular formula is C11H12N2O2.